The molecule has 9 nitrogen and oxygen atoms in total. The molecule has 0 spiro atoms. The number of hydrogen-bond acceptors (Lipinski definition) is 7. The van der Waals surface area contributed by atoms with Crippen molar-refractivity contribution < 1.29 is 37.3 Å². The largest absolute Gasteiger partial charge is 0.489 e. The van der Waals surface area contributed by atoms with Gasteiger partial charge in [-0.2, -0.15) is 18.3 Å². The lowest BCUT2D eigenvalue weighted by molar-refractivity contribution is -0.143. The predicted molar refractivity (Wildman–Crippen MR) is 165 cm³/mol. The summed E-state index contributed by atoms with van der Waals surface area (Å²) >= 11 is 0. The van der Waals surface area contributed by atoms with E-state index in [9.17, 15) is 27.9 Å². The first kappa shape index (κ1) is 33.2. The van der Waals surface area contributed by atoms with Gasteiger partial charge < -0.3 is 19.5 Å². The van der Waals surface area contributed by atoms with Crippen molar-refractivity contribution in [1.82, 2.24) is 19.7 Å². The molecule has 3 heterocycles. The summed E-state index contributed by atoms with van der Waals surface area (Å²) in [5.74, 6) is -0.302. The number of amides is 1. The molecule has 3 aromatic rings. The zero-order valence-corrected chi connectivity index (χ0v) is 26.3. The average molecular weight is 641 g/mol. The number of aliphatic hydroxyl groups is 1. The Hall–Kier alpha value is -4.19. The van der Waals surface area contributed by atoms with E-state index in [1.807, 2.05) is 13.0 Å². The van der Waals surface area contributed by atoms with Crippen LogP contribution in [0, 0.1) is 6.92 Å². The van der Waals surface area contributed by atoms with Gasteiger partial charge in [-0.05, 0) is 106 Å². The number of allylic oxidation sites excluding steroid dienone is 1. The van der Waals surface area contributed by atoms with Crippen molar-refractivity contribution in [3.05, 3.63) is 76.2 Å². The third-order valence-electron chi connectivity index (χ3n) is 8.61. The van der Waals surface area contributed by atoms with Crippen LogP contribution in [-0.2, 0) is 15.7 Å². The SMILES string of the molecule is CCOC(=O)c1cnn(-c2cccc(C3=C(COc4ccc(C5CCN(C(=O)[C@H](C)O)CC5)cc4C)CCCC3)n2)c1C(F)(F)F. The third-order valence-corrected chi connectivity index (χ3v) is 8.61. The molecule has 246 valence electrons. The van der Waals surface area contributed by atoms with Gasteiger partial charge in [0, 0.05) is 13.1 Å². The third kappa shape index (κ3) is 7.27. The maximum absolute atomic E-state index is 14.1. The highest BCUT2D eigenvalue weighted by molar-refractivity contribution is 5.90. The Morgan fingerprint density at radius 3 is 2.52 bits per heavy atom. The molecule has 0 unspecified atom stereocenters. The number of carbonyl (C=O) groups excluding carboxylic acids is 2. The number of pyridine rings is 1. The summed E-state index contributed by atoms with van der Waals surface area (Å²) in [7, 11) is 0. The second-order valence-corrected chi connectivity index (χ2v) is 11.8. The van der Waals surface area contributed by atoms with Crippen LogP contribution in [0.5, 0.6) is 5.75 Å². The molecule has 12 heteroatoms. The van der Waals surface area contributed by atoms with Crippen molar-refractivity contribution >= 4 is 17.4 Å². The Morgan fingerprint density at radius 1 is 1.11 bits per heavy atom. The molecule has 1 saturated heterocycles. The van der Waals surface area contributed by atoms with E-state index in [1.54, 1.807) is 17.0 Å². The lowest BCUT2D eigenvalue weighted by Crippen LogP contribution is -2.42. The summed E-state index contributed by atoms with van der Waals surface area (Å²) in [6.45, 7) is 6.50. The molecule has 0 bridgehead atoms. The molecule has 2 aromatic heterocycles. The topological polar surface area (TPSA) is 107 Å². The average Bonchev–Trinajstić information content (AvgIpc) is 3.51. The number of aromatic nitrogens is 3. The number of rotatable bonds is 9. The molecule has 46 heavy (non-hydrogen) atoms. The number of halogens is 3. The van der Waals surface area contributed by atoms with Gasteiger partial charge in [0.05, 0.1) is 18.5 Å². The summed E-state index contributed by atoms with van der Waals surface area (Å²) in [6.07, 6.45) is 0.0537. The van der Waals surface area contributed by atoms with Crippen molar-refractivity contribution in [3.63, 3.8) is 0 Å². The van der Waals surface area contributed by atoms with Gasteiger partial charge in [-0.3, -0.25) is 4.79 Å². The monoisotopic (exact) mass is 640 g/mol. The van der Waals surface area contributed by atoms with Gasteiger partial charge in [-0.1, -0.05) is 18.2 Å². The number of likely N-dealkylation sites (tertiary alicyclic amines) is 1. The maximum atomic E-state index is 14.1. The summed E-state index contributed by atoms with van der Waals surface area (Å²) in [6, 6.07) is 11.0. The summed E-state index contributed by atoms with van der Waals surface area (Å²) in [5.41, 5.74) is 2.82. The van der Waals surface area contributed by atoms with Crippen LogP contribution < -0.4 is 4.74 Å². The van der Waals surface area contributed by atoms with E-state index in [0.717, 1.165) is 60.8 Å². The van der Waals surface area contributed by atoms with Gasteiger partial charge in [0.1, 0.15) is 24.0 Å². The lowest BCUT2D eigenvalue weighted by atomic mass is 9.88. The van der Waals surface area contributed by atoms with Crippen LogP contribution >= 0.6 is 0 Å². The van der Waals surface area contributed by atoms with Crippen molar-refractivity contribution in [1.29, 1.82) is 0 Å². The normalized spacial score (nSPS) is 16.8. The van der Waals surface area contributed by atoms with Crippen molar-refractivity contribution in [2.75, 3.05) is 26.3 Å². The molecule has 1 fully saturated rings. The van der Waals surface area contributed by atoms with Crippen LogP contribution in [0.1, 0.15) is 91.2 Å². The van der Waals surface area contributed by atoms with Gasteiger partial charge in [0.15, 0.2) is 11.5 Å². The van der Waals surface area contributed by atoms with Crippen molar-refractivity contribution in [2.24, 2.45) is 0 Å². The molecule has 1 aliphatic carbocycles. The van der Waals surface area contributed by atoms with Gasteiger partial charge >= 0.3 is 12.1 Å². The lowest BCUT2D eigenvalue weighted by Gasteiger charge is -2.33. The highest BCUT2D eigenvalue weighted by atomic mass is 19.4. The van der Waals surface area contributed by atoms with E-state index in [2.05, 4.69) is 22.2 Å². The number of alkyl halides is 3. The zero-order chi connectivity index (χ0) is 33.0. The first-order valence-electron chi connectivity index (χ1n) is 15.7. The van der Waals surface area contributed by atoms with Crippen LogP contribution in [0.4, 0.5) is 13.2 Å². The van der Waals surface area contributed by atoms with Crippen LogP contribution in [-0.4, -0.2) is 69.1 Å². The molecule has 1 N–H and O–H groups in total. The molecular formula is C34H39F3N4O5. The highest BCUT2D eigenvalue weighted by Crippen LogP contribution is 2.36. The summed E-state index contributed by atoms with van der Waals surface area (Å²) < 4.78 is 54.0. The molecule has 0 radical (unpaired) electrons. The molecule has 1 atom stereocenters. The second kappa shape index (κ2) is 14.1. The van der Waals surface area contributed by atoms with E-state index >= 15 is 0 Å². The number of piperidine rings is 1. The van der Waals surface area contributed by atoms with E-state index < -0.39 is 29.5 Å². The van der Waals surface area contributed by atoms with Crippen LogP contribution in [0.3, 0.4) is 0 Å². The van der Waals surface area contributed by atoms with Gasteiger partial charge in [0.25, 0.3) is 5.91 Å². The molecule has 1 aromatic carbocycles. The number of hydrogen-bond donors (Lipinski definition) is 1. The van der Waals surface area contributed by atoms with E-state index in [4.69, 9.17) is 9.47 Å². The summed E-state index contributed by atoms with van der Waals surface area (Å²) in [5, 5.41) is 13.5. The number of aliphatic hydroxyl groups excluding tert-OH is 1. The molecular weight excluding hydrogens is 601 g/mol. The van der Waals surface area contributed by atoms with Crippen molar-refractivity contribution in [3.8, 4) is 11.6 Å². The van der Waals surface area contributed by atoms with Gasteiger partial charge in [-0.15, -0.1) is 0 Å². The minimum atomic E-state index is -4.86. The quantitative estimate of drug-likeness (QED) is 0.275. The smallest absolute Gasteiger partial charge is 0.434 e. The van der Waals surface area contributed by atoms with E-state index in [-0.39, 0.29) is 18.3 Å². The Labute approximate surface area is 266 Å². The molecule has 5 rings (SSSR count). The maximum Gasteiger partial charge on any atom is 0.434 e. The Bertz CT molecular complexity index is 1610. The Morgan fingerprint density at radius 2 is 1.85 bits per heavy atom. The zero-order valence-electron chi connectivity index (χ0n) is 26.3. The number of nitrogens with zero attached hydrogens (tertiary/aromatic N) is 4. The Balaban J connectivity index is 1.33. The first-order valence-corrected chi connectivity index (χ1v) is 15.7. The fourth-order valence-corrected chi connectivity index (χ4v) is 6.25. The van der Waals surface area contributed by atoms with Crippen LogP contribution in [0.15, 0.2) is 48.2 Å². The molecule has 0 saturated carbocycles. The molecule has 1 aliphatic heterocycles. The van der Waals surface area contributed by atoms with E-state index in [1.165, 1.54) is 25.5 Å². The number of carbonyl (C=O) groups is 2. The summed E-state index contributed by atoms with van der Waals surface area (Å²) in [4.78, 5) is 30.7. The van der Waals surface area contributed by atoms with Crippen molar-refractivity contribution in [2.45, 2.75) is 77.5 Å². The molecule has 1 amide bonds. The van der Waals surface area contributed by atoms with Crippen LogP contribution in [0.2, 0.25) is 0 Å². The fraction of sp³-hybridized carbons (Fsp3) is 0.471. The number of aryl methyl sites for hydroxylation is 1. The number of benzene rings is 1. The second-order valence-electron chi connectivity index (χ2n) is 11.8. The number of ether oxygens (including phenoxy) is 2. The van der Waals surface area contributed by atoms with Crippen LogP contribution in [0.25, 0.3) is 11.4 Å². The minimum Gasteiger partial charge on any atom is -0.489 e. The minimum absolute atomic E-state index is 0.0498. The first-order chi connectivity index (χ1) is 22.0. The number of esters is 1. The molecule has 2 aliphatic rings. The fourth-order valence-electron chi connectivity index (χ4n) is 6.25. The van der Waals surface area contributed by atoms with Gasteiger partial charge in [-0.25, -0.2) is 14.5 Å². The highest BCUT2D eigenvalue weighted by Gasteiger charge is 2.41. The van der Waals surface area contributed by atoms with E-state index in [0.29, 0.717) is 42.4 Å². The predicted octanol–water partition coefficient (Wildman–Crippen LogP) is 6.26. The Kier molecular flexibility index (Phi) is 10.1. The standard InChI is InChI=1S/C34H39F3N4O5/c1-4-45-33(44)27-19-38-41(31(27)34(35,36)37)30-11-7-10-28(39-30)26-9-6-5-8-25(26)20-46-29-13-12-24(18-21(29)2)23-14-16-40(17-15-23)32(43)22(3)42/h7,10-13,18-19,22-23,42H,4-6,8-9,14-17,20H2,1-3H3/t22-/m0/s1. The van der Waals surface area contributed by atoms with Gasteiger partial charge in [0.2, 0.25) is 0 Å².